The molecule has 1 saturated carbocycles. The molecule has 2 N–H and O–H groups in total. The Balaban J connectivity index is 1.84. The molecule has 0 saturated heterocycles. The molecule has 6 heteroatoms. The lowest BCUT2D eigenvalue weighted by atomic mass is 9.80. The first-order valence-electron chi connectivity index (χ1n) is 4.85. The fourth-order valence-electron chi connectivity index (χ4n) is 1.63. The first kappa shape index (κ1) is 11.0. The Kier molecular flexibility index (Phi) is 2.87. The highest BCUT2D eigenvalue weighted by Crippen LogP contribution is 2.27. The van der Waals surface area contributed by atoms with E-state index in [1.807, 2.05) is 0 Å². The molecule has 1 aliphatic carbocycles. The summed E-state index contributed by atoms with van der Waals surface area (Å²) < 4.78 is 4.93. The molecule has 5 nitrogen and oxygen atoms in total. The second-order valence-electron chi connectivity index (χ2n) is 3.78. The summed E-state index contributed by atoms with van der Waals surface area (Å²) in [5.74, 6) is -1.37. The number of amides is 1. The molecule has 1 aromatic heterocycles. The summed E-state index contributed by atoms with van der Waals surface area (Å²) in [7, 11) is 0. The number of rotatable bonds is 3. The Labute approximate surface area is 96.4 Å². The first-order valence-corrected chi connectivity index (χ1v) is 5.23. The Morgan fingerprint density at radius 2 is 2.12 bits per heavy atom. The topological polar surface area (TPSA) is 79.5 Å². The predicted octanol–water partition coefficient (Wildman–Crippen LogP) is 1.53. The summed E-state index contributed by atoms with van der Waals surface area (Å²) in [6.07, 6.45) is 0.936. The van der Waals surface area contributed by atoms with Crippen molar-refractivity contribution in [3.8, 4) is 0 Å². The van der Waals surface area contributed by atoms with E-state index in [-0.39, 0.29) is 28.8 Å². The Morgan fingerprint density at radius 1 is 1.44 bits per heavy atom. The van der Waals surface area contributed by atoms with Gasteiger partial charge < -0.3 is 14.8 Å². The van der Waals surface area contributed by atoms with Gasteiger partial charge >= 0.3 is 5.97 Å². The third-order valence-electron chi connectivity index (χ3n) is 2.62. The third kappa shape index (κ3) is 2.19. The number of furan rings is 1. The van der Waals surface area contributed by atoms with Gasteiger partial charge in [-0.25, -0.2) is 0 Å². The molecule has 0 atom stereocenters. The third-order valence-corrected chi connectivity index (χ3v) is 2.82. The summed E-state index contributed by atoms with van der Waals surface area (Å²) in [4.78, 5) is 22.1. The summed E-state index contributed by atoms with van der Waals surface area (Å²) in [5.41, 5.74) is 0. The maximum atomic E-state index is 11.5. The van der Waals surface area contributed by atoms with Crippen molar-refractivity contribution in [2.24, 2.45) is 5.92 Å². The number of nitrogens with one attached hydrogen (secondary N) is 1. The normalized spacial score (nSPS) is 23.6. The molecule has 0 unspecified atom stereocenters. The fraction of sp³-hybridized carbons (Fsp3) is 0.400. The molecule has 16 heavy (non-hydrogen) atoms. The van der Waals surface area contributed by atoms with Crippen molar-refractivity contribution in [3.05, 3.63) is 23.1 Å². The first-order chi connectivity index (χ1) is 7.56. The van der Waals surface area contributed by atoms with Crippen molar-refractivity contribution in [2.45, 2.75) is 18.9 Å². The monoisotopic (exact) mass is 243 g/mol. The zero-order chi connectivity index (χ0) is 11.7. The Morgan fingerprint density at radius 3 is 2.62 bits per heavy atom. The summed E-state index contributed by atoms with van der Waals surface area (Å²) in [5, 5.41) is 11.5. The van der Waals surface area contributed by atoms with Crippen molar-refractivity contribution < 1.29 is 19.1 Å². The van der Waals surface area contributed by atoms with E-state index in [1.54, 1.807) is 0 Å². The quantitative estimate of drug-likeness (QED) is 0.844. The van der Waals surface area contributed by atoms with Crippen LogP contribution in [-0.2, 0) is 4.79 Å². The van der Waals surface area contributed by atoms with Crippen LogP contribution < -0.4 is 5.32 Å². The molecule has 1 fully saturated rings. The van der Waals surface area contributed by atoms with Crippen LogP contribution in [-0.4, -0.2) is 23.0 Å². The SMILES string of the molecule is O=C(NC1CC(C(=O)O)C1)c1ccc(Cl)o1. The van der Waals surface area contributed by atoms with Gasteiger partial charge in [0.2, 0.25) is 0 Å². The van der Waals surface area contributed by atoms with Crippen LogP contribution in [0.1, 0.15) is 23.4 Å². The maximum Gasteiger partial charge on any atom is 0.306 e. The standard InChI is InChI=1S/C10H10ClNO4/c11-8-2-1-7(16-8)9(13)12-6-3-5(4-6)10(14)15/h1-2,5-6H,3-4H2,(H,12,13)(H,14,15). The molecule has 0 bridgehead atoms. The van der Waals surface area contributed by atoms with E-state index in [1.165, 1.54) is 12.1 Å². The number of carbonyl (C=O) groups excluding carboxylic acids is 1. The molecule has 1 amide bonds. The van der Waals surface area contributed by atoms with Crippen LogP contribution in [0.2, 0.25) is 5.22 Å². The smallest absolute Gasteiger partial charge is 0.306 e. The van der Waals surface area contributed by atoms with Crippen molar-refractivity contribution in [3.63, 3.8) is 0 Å². The molecule has 1 aromatic rings. The Bertz CT molecular complexity index is 422. The van der Waals surface area contributed by atoms with Crippen LogP contribution in [0.3, 0.4) is 0 Å². The van der Waals surface area contributed by atoms with Gasteiger partial charge in [0.15, 0.2) is 11.0 Å². The highest BCUT2D eigenvalue weighted by atomic mass is 35.5. The summed E-state index contributed by atoms with van der Waals surface area (Å²) in [6.45, 7) is 0. The fourth-order valence-corrected chi connectivity index (χ4v) is 1.78. The molecular formula is C10H10ClNO4. The molecule has 0 aliphatic heterocycles. The van der Waals surface area contributed by atoms with Gasteiger partial charge in [0.25, 0.3) is 5.91 Å². The van der Waals surface area contributed by atoms with E-state index >= 15 is 0 Å². The molecule has 0 spiro atoms. The van der Waals surface area contributed by atoms with E-state index in [9.17, 15) is 9.59 Å². The van der Waals surface area contributed by atoms with Gasteiger partial charge in [0, 0.05) is 6.04 Å². The minimum atomic E-state index is -0.813. The predicted molar refractivity (Wildman–Crippen MR) is 55.3 cm³/mol. The van der Waals surface area contributed by atoms with Crippen LogP contribution in [0.25, 0.3) is 0 Å². The zero-order valence-electron chi connectivity index (χ0n) is 8.27. The van der Waals surface area contributed by atoms with Crippen molar-refractivity contribution in [1.82, 2.24) is 5.32 Å². The minimum Gasteiger partial charge on any atom is -0.481 e. The van der Waals surface area contributed by atoms with Crippen LogP contribution >= 0.6 is 11.6 Å². The lowest BCUT2D eigenvalue weighted by Crippen LogP contribution is -2.46. The van der Waals surface area contributed by atoms with Crippen LogP contribution in [0.4, 0.5) is 0 Å². The largest absolute Gasteiger partial charge is 0.481 e. The molecular weight excluding hydrogens is 234 g/mol. The summed E-state index contributed by atoms with van der Waals surface area (Å²) >= 11 is 5.53. The van der Waals surface area contributed by atoms with Gasteiger partial charge in [-0.1, -0.05) is 0 Å². The number of carboxylic acids is 1. The second kappa shape index (κ2) is 4.17. The highest BCUT2D eigenvalue weighted by Gasteiger charge is 2.35. The number of hydrogen-bond acceptors (Lipinski definition) is 3. The molecule has 86 valence electrons. The number of halogens is 1. The maximum absolute atomic E-state index is 11.5. The van der Waals surface area contributed by atoms with E-state index < -0.39 is 5.97 Å². The van der Waals surface area contributed by atoms with E-state index in [0.717, 1.165) is 0 Å². The van der Waals surface area contributed by atoms with Gasteiger partial charge in [-0.05, 0) is 36.6 Å². The van der Waals surface area contributed by atoms with Gasteiger partial charge in [0.1, 0.15) is 0 Å². The van der Waals surface area contributed by atoms with Crippen molar-refractivity contribution >= 4 is 23.5 Å². The number of carboxylic acid groups (broad SMARTS) is 1. The molecule has 1 aliphatic rings. The van der Waals surface area contributed by atoms with Gasteiger partial charge in [0.05, 0.1) is 5.92 Å². The van der Waals surface area contributed by atoms with Gasteiger partial charge in [-0.15, -0.1) is 0 Å². The second-order valence-corrected chi connectivity index (χ2v) is 4.15. The molecule has 0 radical (unpaired) electrons. The number of aliphatic carboxylic acids is 1. The molecule has 2 rings (SSSR count). The van der Waals surface area contributed by atoms with Gasteiger partial charge in [-0.2, -0.15) is 0 Å². The number of hydrogen-bond donors (Lipinski definition) is 2. The van der Waals surface area contributed by atoms with E-state index in [2.05, 4.69) is 5.32 Å². The van der Waals surface area contributed by atoms with E-state index in [0.29, 0.717) is 12.8 Å². The Hall–Kier alpha value is -1.49. The van der Waals surface area contributed by atoms with Gasteiger partial charge in [-0.3, -0.25) is 9.59 Å². The van der Waals surface area contributed by atoms with Crippen LogP contribution in [0.15, 0.2) is 16.5 Å². The van der Waals surface area contributed by atoms with E-state index in [4.69, 9.17) is 21.1 Å². The molecule has 1 heterocycles. The summed E-state index contributed by atoms with van der Waals surface area (Å²) in [6, 6.07) is 2.87. The van der Waals surface area contributed by atoms with Crippen LogP contribution in [0.5, 0.6) is 0 Å². The highest BCUT2D eigenvalue weighted by molar-refractivity contribution is 6.29. The van der Waals surface area contributed by atoms with Crippen LogP contribution in [0, 0.1) is 5.92 Å². The van der Waals surface area contributed by atoms with Crippen molar-refractivity contribution in [1.29, 1.82) is 0 Å². The average Bonchev–Trinajstić information content (AvgIpc) is 2.56. The number of carbonyl (C=O) groups is 2. The zero-order valence-corrected chi connectivity index (χ0v) is 9.03. The minimum absolute atomic E-state index is 0.0857. The molecule has 0 aromatic carbocycles. The lowest BCUT2D eigenvalue weighted by molar-refractivity contribution is -0.145. The average molecular weight is 244 g/mol. The van der Waals surface area contributed by atoms with Crippen molar-refractivity contribution in [2.75, 3.05) is 0 Å². The lowest BCUT2D eigenvalue weighted by Gasteiger charge is -2.32.